The monoisotopic (exact) mass is 363 g/mol. The lowest BCUT2D eigenvalue weighted by atomic mass is 10.0. The molecule has 1 aliphatic rings. The fourth-order valence-electron chi connectivity index (χ4n) is 2.88. The average molecular weight is 363 g/mol. The molecule has 1 fully saturated rings. The minimum Gasteiger partial charge on any atom is -0.379 e. The summed E-state index contributed by atoms with van der Waals surface area (Å²) in [6.45, 7) is 0.623. The summed E-state index contributed by atoms with van der Waals surface area (Å²) in [4.78, 5) is 17.0. The number of aromatic nitrogens is 1. The zero-order valence-corrected chi connectivity index (χ0v) is 15.0. The van der Waals surface area contributed by atoms with E-state index in [1.54, 1.807) is 12.3 Å². The van der Waals surface area contributed by atoms with E-state index >= 15 is 0 Å². The van der Waals surface area contributed by atoms with E-state index in [2.05, 4.69) is 10.3 Å². The number of benzene rings is 1. The van der Waals surface area contributed by atoms with Crippen LogP contribution in [0.1, 0.15) is 10.4 Å². The third-order valence-electron chi connectivity index (χ3n) is 4.39. The maximum Gasteiger partial charge on any atom is 0.252 e. The minimum atomic E-state index is -3.36. The summed E-state index contributed by atoms with van der Waals surface area (Å²) in [7, 11) is -0.354. The zero-order chi connectivity index (χ0) is 18.0. The van der Waals surface area contributed by atoms with Crippen molar-refractivity contribution in [1.82, 2.24) is 14.6 Å². The normalized spacial score (nSPS) is 20.9. The second kappa shape index (κ2) is 7.07. The molecule has 0 aliphatic carbocycles. The van der Waals surface area contributed by atoms with Crippen LogP contribution in [-0.2, 0) is 14.8 Å². The Morgan fingerprint density at radius 3 is 2.80 bits per heavy atom. The Kier molecular flexibility index (Phi) is 5.03. The Labute approximate surface area is 147 Å². The van der Waals surface area contributed by atoms with Crippen LogP contribution in [-0.4, -0.2) is 62.7 Å². The van der Waals surface area contributed by atoms with Gasteiger partial charge in [-0.15, -0.1) is 0 Å². The van der Waals surface area contributed by atoms with Crippen LogP contribution in [0.2, 0.25) is 0 Å². The van der Waals surface area contributed by atoms with Crippen molar-refractivity contribution >= 4 is 26.8 Å². The first-order valence-corrected chi connectivity index (χ1v) is 9.62. The summed E-state index contributed by atoms with van der Waals surface area (Å²) in [5.74, 6) is -0.576. The molecule has 2 heterocycles. The van der Waals surface area contributed by atoms with Crippen molar-refractivity contribution < 1.29 is 17.9 Å². The largest absolute Gasteiger partial charge is 0.379 e. The number of nitrogens with one attached hydrogen (secondary N) is 1. The summed E-state index contributed by atoms with van der Waals surface area (Å²) < 4.78 is 30.8. The zero-order valence-electron chi connectivity index (χ0n) is 14.2. The molecule has 1 aromatic carbocycles. The molecule has 1 aliphatic heterocycles. The fourth-order valence-corrected chi connectivity index (χ4v) is 4.05. The average Bonchev–Trinajstić information content (AvgIpc) is 3.00. The maximum atomic E-state index is 12.7. The van der Waals surface area contributed by atoms with Gasteiger partial charge in [0.1, 0.15) is 0 Å². The first kappa shape index (κ1) is 17.8. The van der Waals surface area contributed by atoms with Crippen LogP contribution in [0, 0.1) is 5.92 Å². The number of carbonyl (C=O) groups is 1. The van der Waals surface area contributed by atoms with E-state index in [4.69, 9.17) is 4.74 Å². The standard InChI is InChI=1S/C17H21N3O4S/c1-20(2)25(22,23)11-12-9-24-10-16(12)19-17(21)14-7-8-18-15-6-4-3-5-13(14)15/h3-8,12,16H,9-11H2,1-2H3,(H,19,21)/t12-,16+/m0/s1. The van der Waals surface area contributed by atoms with Gasteiger partial charge in [0.2, 0.25) is 10.0 Å². The Balaban J connectivity index is 1.78. The number of para-hydroxylation sites is 1. The number of pyridine rings is 1. The number of fused-ring (bicyclic) bond motifs is 1. The Bertz CT molecular complexity index is 877. The Morgan fingerprint density at radius 2 is 2.04 bits per heavy atom. The van der Waals surface area contributed by atoms with Gasteiger partial charge in [0.15, 0.2) is 0 Å². The molecule has 7 nitrogen and oxygen atoms in total. The van der Waals surface area contributed by atoms with Crippen molar-refractivity contribution in [3.05, 3.63) is 42.1 Å². The number of carbonyl (C=O) groups excluding carboxylic acids is 1. The highest BCUT2D eigenvalue weighted by molar-refractivity contribution is 7.89. The lowest BCUT2D eigenvalue weighted by molar-refractivity contribution is 0.0927. The third-order valence-corrected chi connectivity index (χ3v) is 6.35. The Hall–Kier alpha value is -2.03. The first-order chi connectivity index (χ1) is 11.9. The predicted molar refractivity (Wildman–Crippen MR) is 94.8 cm³/mol. The summed E-state index contributed by atoms with van der Waals surface area (Å²) in [5, 5.41) is 3.69. The molecule has 1 aromatic heterocycles. The number of amides is 1. The van der Waals surface area contributed by atoms with Gasteiger partial charge in [0, 0.05) is 31.6 Å². The quantitative estimate of drug-likeness (QED) is 0.852. The molecule has 3 rings (SSSR count). The van der Waals surface area contributed by atoms with Gasteiger partial charge in [-0.25, -0.2) is 12.7 Å². The SMILES string of the molecule is CN(C)S(=O)(=O)C[C@@H]1COC[C@H]1NC(=O)c1ccnc2ccccc12. The topological polar surface area (TPSA) is 88.6 Å². The van der Waals surface area contributed by atoms with E-state index in [0.717, 1.165) is 10.9 Å². The summed E-state index contributed by atoms with van der Waals surface area (Å²) in [5.41, 5.74) is 1.26. The molecule has 0 bridgehead atoms. The van der Waals surface area contributed by atoms with Crippen molar-refractivity contribution in [1.29, 1.82) is 0 Å². The minimum absolute atomic E-state index is 0.0535. The van der Waals surface area contributed by atoms with E-state index in [1.807, 2.05) is 24.3 Å². The lowest BCUT2D eigenvalue weighted by Gasteiger charge is -2.21. The fraction of sp³-hybridized carbons (Fsp3) is 0.412. The van der Waals surface area contributed by atoms with Crippen molar-refractivity contribution in [2.45, 2.75) is 6.04 Å². The van der Waals surface area contributed by atoms with E-state index < -0.39 is 10.0 Å². The second-order valence-electron chi connectivity index (χ2n) is 6.31. The summed E-state index contributed by atoms with van der Waals surface area (Å²) >= 11 is 0. The van der Waals surface area contributed by atoms with Gasteiger partial charge < -0.3 is 10.1 Å². The molecular formula is C17H21N3O4S. The van der Waals surface area contributed by atoms with E-state index in [0.29, 0.717) is 18.8 Å². The molecule has 0 saturated carbocycles. The van der Waals surface area contributed by atoms with Crippen LogP contribution in [0.5, 0.6) is 0 Å². The molecule has 2 aromatic rings. The predicted octanol–water partition coefficient (Wildman–Crippen LogP) is 0.871. The number of hydrogen-bond acceptors (Lipinski definition) is 5. The van der Waals surface area contributed by atoms with E-state index in [9.17, 15) is 13.2 Å². The summed E-state index contributed by atoms with van der Waals surface area (Å²) in [6, 6.07) is 8.73. The molecule has 1 N–H and O–H groups in total. The van der Waals surface area contributed by atoms with Crippen molar-refractivity contribution in [3.63, 3.8) is 0 Å². The molecule has 0 unspecified atom stereocenters. The molecular weight excluding hydrogens is 342 g/mol. The van der Waals surface area contributed by atoms with Gasteiger partial charge in [0.05, 0.1) is 36.1 Å². The number of nitrogens with zero attached hydrogens (tertiary/aromatic N) is 2. The van der Waals surface area contributed by atoms with Crippen LogP contribution < -0.4 is 5.32 Å². The van der Waals surface area contributed by atoms with Crippen molar-refractivity contribution in [3.8, 4) is 0 Å². The maximum absolute atomic E-state index is 12.7. The van der Waals surface area contributed by atoms with Gasteiger partial charge in [-0.1, -0.05) is 18.2 Å². The van der Waals surface area contributed by atoms with Crippen LogP contribution in [0.3, 0.4) is 0 Å². The number of rotatable bonds is 5. The molecule has 0 spiro atoms. The Morgan fingerprint density at radius 1 is 1.28 bits per heavy atom. The molecule has 25 heavy (non-hydrogen) atoms. The van der Waals surface area contributed by atoms with Crippen LogP contribution in [0.25, 0.3) is 10.9 Å². The highest BCUT2D eigenvalue weighted by atomic mass is 32.2. The molecule has 1 saturated heterocycles. The van der Waals surface area contributed by atoms with Gasteiger partial charge in [0.25, 0.3) is 5.91 Å². The van der Waals surface area contributed by atoms with Crippen LogP contribution in [0.4, 0.5) is 0 Å². The van der Waals surface area contributed by atoms with E-state index in [1.165, 1.54) is 18.4 Å². The molecule has 134 valence electrons. The third kappa shape index (κ3) is 3.81. The first-order valence-electron chi connectivity index (χ1n) is 8.01. The highest BCUT2D eigenvalue weighted by Crippen LogP contribution is 2.20. The van der Waals surface area contributed by atoms with Gasteiger partial charge in [-0.05, 0) is 12.1 Å². The highest BCUT2D eigenvalue weighted by Gasteiger charge is 2.34. The molecule has 1 amide bonds. The van der Waals surface area contributed by atoms with Crippen LogP contribution >= 0.6 is 0 Å². The number of ether oxygens (including phenoxy) is 1. The molecule has 2 atom stereocenters. The lowest BCUT2D eigenvalue weighted by Crippen LogP contribution is -2.43. The van der Waals surface area contributed by atoms with Crippen molar-refractivity contribution in [2.75, 3.05) is 33.1 Å². The summed E-state index contributed by atoms with van der Waals surface area (Å²) in [6.07, 6.45) is 1.59. The van der Waals surface area contributed by atoms with Gasteiger partial charge >= 0.3 is 0 Å². The van der Waals surface area contributed by atoms with E-state index in [-0.39, 0.29) is 23.6 Å². The van der Waals surface area contributed by atoms with Gasteiger partial charge in [-0.3, -0.25) is 9.78 Å². The van der Waals surface area contributed by atoms with Crippen molar-refractivity contribution in [2.24, 2.45) is 5.92 Å². The number of sulfonamides is 1. The smallest absolute Gasteiger partial charge is 0.252 e. The van der Waals surface area contributed by atoms with Crippen LogP contribution in [0.15, 0.2) is 36.5 Å². The van der Waals surface area contributed by atoms with Gasteiger partial charge in [-0.2, -0.15) is 0 Å². The molecule has 0 radical (unpaired) electrons. The molecule has 8 heteroatoms. The number of hydrogen-bond donors (Lipinski definition) is 1. The second-order valence-corrected chi connectivity index (χ2v) is 8.54.